The van der Waals surface area contributed by atoms with Crippen LogP contribution in [0.2, 0.25) is 5.02 Å². The number of nitrogens with one attached hydrogen (secondary N) is 1. The molecule has 0 aliphatic carbocycles. The lowest BCUT2D eigenvalue weighted by Crippen LogP contribution is -1.94. The van der Waals surface area contributed by atoms with Gasteiger partial charge < -0.3 is 14.6 Å². The van der Waals surface area contributed by atoms with Gasteiger partial charge in [-0.1, -0.05) is 11.6 Å². The van der Waals surface area contributed by atoms with Gasteiger partial charge >= 0.3 is 0 Å². The van der Waals surface area contributed by atoms with Crippen molar-refractivity contribution in [2.75, 3.05) is 14.2 Å². The third-order valence-electron chi connectivity index (χ3n) is 4.41. The number of rotatable bonds is 3. The second-order valence-corrected chi connectivity index (χ2v) is 6.32. The van der Waals surface area contributed by atoms with Gasteiger partial charge in [0.05, 0.1) is 30.6 Å². The van der Waals surface area contributed by atoms with Gasteiger partial charge in [-0.2, -0.15) is 5.10 Å². The summed E-state index contributed by atoms with van der Waals surface area (Å²) in [5, 5.41) is 20.0. The molecule has 0 aliphatic rings. The normalized spacial score (nSPS) is 11.2. The molecule has 0 saturated heterocycles. The molecule has 0 amide bonds. The molecule has 0 bridgehead atoms. The highest BCUT2D eigenvalue weighted by Gasteiger charge is 2.19. The number of ether oxygens (including phenoxy) is 2. The van der Waals surface area contributed by atoms with Crippen molar-refractivity contribution in [1.29, 1.82) is 0 Å². The number of hydrogen-bond donors (Lipinski definition) is 2. The van der Waals surface area contributed by atoms with Crippen molar-refractivity contribution in [2.24, 2.45) is 0 Å². The molecule has 0 unspecified atom stereocenters. The zero-order valence-corrected chi connectivity index (χ0v) is 15.2. The molecule has 0 spiro atoms. The van der Waals surface area contributed by atoms with E-state index >= 15 is 0 Å². The van der Waals surface area contributed by atoms with Crippen LogP contribution >= 0.6 is 11.6 Å². The number of aromatic amines is 1. The molecule has 0 atom stereocenters. The molecule has 26 heavy (non-hydrogen) atoms. The molecule has 0 radical (unpaired) electrons. The van der Waals surface area contributed by atoms with E-state index in [9.17, 15) is 5.11 Å². The predicted molar refractivity (Wildman–Crippen MR) is 101 cm³/mol. The Labute approximate surface area is 154 Å². The topological polar surface area (TPSA) is 80.3 Å². The van der Waals surface area contributed by atoms with Crippen molar-refractivity contribution in [2.45, 2.75) is 6.92 Å². The maximum atomic E-state index is 9.67. The van der Waals surface area contributed by atoms with Gasteiger partial charge in [-0.05, 0) is 37.3 Å². The van der Waals surface area contributed by atoms with E-state index in [1.54, 1.807) is 26.4 Å². The van der Waals surface area contributed by atoms with Gasteiger partial charge in [0.25, 0.3) is 0 Å². The SMILES string of the molecule is COc1cc2c(-c3ccc(O)cc3Cl)nc3[nH]nc(C)c3c2cc1OC. The second-order valence-electron chi connectivity index (χ2n) is 5.91. The number of phenols is 1. The van der Waals surface area contributed by atoms with Crippen LogP contribution in [0.3, 0.4) is 0 Å². The van der Waals surface area contributed by atoms with E-state index in [0.29, 0.717) is 33.4 Å². The number of hydrogen-bond acceptors (Lipinski definition) is 5. The van der Waals surface area contributed by atoms with Gasteiger partial charge in [-0.25, -0.2) is 4.98 Å². The van der Waals surface area contributed by atoms with Crippen LogP contribution < -0.4 is 9.47 Å². The third-order valence-corrected chi connectivity index (χ3v) is 4.72. The van der Waals surface area contributed by atoms with Crippen molar-refractivity contribution in [3.8, 4) is 28.5 Å². The van der Waals surface area contributed by atoms with Gasteiger partial charge in [0, 0.05) is 21.7 Å². The van der Waals surface area contributed by atoms with Crippen LogP contribution in [0.5, 0.6) is 17.2 Å². The van der Waals surface area contributed by atoms with E-state index in [-0.39, 0.29) is 5.75 Å². The molecule has 4 rings (SSSR count). The summed E-state index contributed by atoms with van der Waals surface area (Å²) in [6, 6.07) is 8.61. The van der Waals surface area contributed by atoms with E-state index in [1.165, 1.54) is 6.07 Å². The minimum absolute atomic E-state index is 0.0979. The molecule has 2 aromatic carbocycles. The lowest BCUT2D eigenvalue weighted by atomic mass is 10.00. The number of halogens is 1. The Bertz CT molecular complexity index is 1150. The molecule has 4 aromatic rings. The maximum Gasteiger partial charge on any atom is 0.161 e. The molecule has 6 nitrogen and oxygen atoms in total. The lowest BCUT2D eigenvalue weighted by Gasteiger charge is -2.13. The molecule has 0 saturated carbocycles. The maximum absolute atomic E-state index is 9.67. The van der Waals surface area contributed by atoms with Gasteiger partial charge in [-0.3, -0.25) is 5.10 Å². The Morgan fingerprint density at radius 1 is 1.04 bits per heavy atom. The van der Waals surface area contributed by atoms with E-state index in [0.717, 1.165) is 21.9 Å². The predicted octanol–water partition coefficient (Wildman–Crippen LogP) is 4.46. The Morgan fingerprint density at radius 3 is 2.38 bits per heavy atom. The summed E-state index contributed by atoms with van der Waals surface area (Å²) < 4.78 is 10.9. The van der Waals surface area contributed by atoms with Gasteiger partial charge in [0.15, 0.2) is 17.1 Å². The van der Waals surface area contributed by atoms with Crippen LogP contribution in [0.25, 0.3) is 33.1 Å². The molecular weight excluding hydrogens is 354 g/mol. The molecule has 2 heterocycles. The van der Waals surface area contributed by atoms with Crippen molar-refractivity contribution in [3.05, 3.63) is 41.0 Å². The minimum atomic E-state index is 0.0979. The summed E-state index contributed by atoms with van der Waals surface area (Å²) >= 11 is 6.37. The summed E-state index contributed by atoms with van der Waals surface area (Å²) in [6.45, 7) is 1.92. The smallest absolute Gasteiger partial charge is 0.161 e. The number of methoxy groups -OCH3 is 2. The lowest BCUT2D eigenvalue weighted by molar-refractivity contribution is 0.356. The average molecular weight is 370 g/mol. The third kappa shape index (κ3) is 2.42. The number of fused-ring (bicyclic) bond motifs is 3. The highest BCUT2D eigenvalue weighted by Crippen LogP contribution is 2.41. The standard InChI is InChI=1S/C19H16ClN3O3/c1-9-17-12-7-15(25-2)16(26-3)8-13(12)18(21-19(17)23-22-9)11-5-4-10(24)6-14(11)20/h4-8,24H,1-3H3,(H,21,22,23). The minimum Gasteiger partial charge on any atom is -0.508 e. The molecule has 0 aliphatic heterocycles. The first-order chi connectivity index (χ1) is 12.5. The molecule has 0 fully saturated rings. The number of H-pyrrole nitrogens is 1. The zero-order chi connectivity index (χ0) is 18.4. The molecular formula is C19H16ClN3O3. The summed E-state index contributed by atoms with van der Waals surface area (Å²) in [5.74, 6) is 1.31. The molecule has 7 heteroatoms. The number of nitrogens with zero attached hydrogens (tertiary/aromatic N) is 2. The number of aromatic nitrogens is 3. The van der Waals surface area contributed by atoms with Crippen LogP contribution in [-0.4, -0.2) is 34.5 Å². The van der Waals surface area contributed by atoms with E-state index in [2.05, 4.69) is 10.2 Å². The number of phenolic OH excluding ortho intramolecular Hbond substituents is 1. The van der Waals surface area contributed by atoms with Crippen LogP contribution in [0.4, 0.5) is 0 Å². The number of aryl methyl sites for hydroxylation is 1. The Hall–Kier alpha value is -2.99. The zero-order valence-electron chi connectivity index (χ0n) is 14.4. The second kappa shape index (κ2) is 6.07. The first-order valence-electron chi connectivity index (χ1n) is 7.92. The van der Waals surface area contributed by atoms with Gasteiger partial charge in [0.2, 0.25) is 0 Å². The molecule has 2 aromatic heterocycles. The summed E-state index contributed by atoms with van der Waals surface area (Å²) in [4.78, 5) is 4.74. The fourth-order valence-electron chi connectivity index (χ4n) is 3.18. The Kier molecular flexibility index (Phi) is 3.85. The van der Waals surface area contributed by atoms with Crippen molar-refractivity contribution in [3.63, 3.8) is 0 Å². The summed E-state index contributed by atoms with van der Waals surface area (Å²) in [5.41, 5.74) is 2.87. The van der Waals surface area contributed by atoms with E-state index in [1.807, 2.05) is 19.1 Å². The largest absolute Gasteiger partial charge is 0.508 e. The van der Waals surface area contributed by atoms with E-state index in [4.69, 9.17) is 26.1 Å². The number of pyridine rings is 1. The van der Waals surface area contributed by atoms with Crippen LogP contribution in [0.15, 0.2) is 30.3 Å². The van der Waals surface area contributed by atoms with Crippen molar-refractivity contribution < 1.29 is 14.6 Å². The number of aromatic hydroxyl groups is 1. The average Bonchev–Trinajstić information content (AvgIpc) is 3.01. The Balaban J connectivity index is 2.17. The first kappa shape index (κ1) is 16.5. The van der Waals surface area contributed by atoms with Crippen molar-refractivity contribution in [1.82, 2.24) is 15.2 Å². The Morgan fingerprint density at radius 2 is 1.73 bits per heavy atom. The van der Waals surface area contributed by atoms with Crippen molar-refractivity contribution >= 4 is 33.4 Å². The fraction of sp³-hybridized carbons (Fsp3) is 0.158. The van der Waals surface area contributed by atoms with Crippen LogP contribution in [0, 0.1) is 6.92 Å². The molecule has 132 valence electrons. The van der Waals surface area contributed by atoms with Crippen LogP contribution in [-0.2, 0) is 0 Å². The van der Waals surface area contributed by atoms with Gasteiger partial charge in [-0.15, -0.1) is 0 Å². The summed E-state index contributed by atoms with van der Waals surface area (Å²) in [6.07, 6.45) is 0. The number of benzene rings is 2. The quantitative estimate of drug-likeness (QED) is 0.557. The first-order valence-corrected chi connectivity index (χ1v) is 8.30. The van der Waals surface area contributed by atoms with Gasteiger partial charge in [0.1, 0.15) is 5.75 Å². The monoisotopic (exact) mass is 369 g/mol. The fourth-order valence-corrected chi connectivity index (χ4v) is 3.44. The molecule has 2 N–H and O–H groups in total. The highest BCUT2D eigenvalue weighted by molar-refractivity contribution is 6.34. The highest BCUT2D eigenvalue weighted by atomic mass is 35.5. The van der Waals surface area contributed by atoms with E-state index < -0.39 is 0 Å². The van der Waals surface area contributed by atoms with Crippen LogP contribution in [0.1, 0.15) is 5.69 Å². The summed E-state index contributed by atoms with van der Waals surface area (Å²) in [7, 11) is 3.19.